The molecule has 6 nitrogen and oxygen atoms in total. The van der Waals surface area contributed by atoms with Crippen molar-refractivity contribution in [3.63, 3.8) is 0 Å². The highest BCUT2D eigenvalue weighted by molar-refractivity contribution is 5.92. The number of rotatable bonds is 4. The van der Waals surface area contributed by atoms with Crippen LogP contribution >= 0.6 is 0 Å². The van der Waals surface area contributed by atoms with Gasteiger partial charge in [-0.15, -0.1) is 0 Å². The Morgan fingerprint density at radius 1 is 1.11 bits per heavy atom. The number of para-hydroxylation sites is 1. The van der Waals surface area contributed by atoms with Crippen LogP contribution in [0.1, 0.15) is 30.2 Å². The molecule has 0 unspecified atom stereocenters. The molecular formula is C21H28FN5O. The lowest BCUT2D eigenvalue weighted by Crippen LogP contribution is -2.49. The third kappa shape index (κ3) is 3.90. The Morgan fingerprint density at radius 2 is 1.86 bits per heavy atom. The van der Waals surface area contributed by atoms with Crippen molar-refractivity contribution in [1.82, 2.24) is 19.4 Å². The van der Waals surface area contributed by atoms with E-state index in [9.17, 15) is 9.18 Å². The molecule has 0 spiro atoms. The highest BCUT2D eigenvalue weighted by Gasteiger charge is 2.27. The molecule has 1 amide bonds. The number of carbonyl (C=O) groups is 1. The van der Waals surface area contributed by atoms with Gasteiger partial charge in [0.1, 0.15) is 17.3 Å². The van der Waals surface area contributed by atoms with Gasteiger partial charge in [0.05, 0.1) is 12.2 Å². The predicted octanol–water partition coefficient (Wildman–Crippen LogP) is 2.46. The first kappa shape index (κ1) is 18.9. The Hall–Kier alpha value is -2.41. The standard InChI is InChI=1S/C21H28FN5O/c1-16(2)13-24-7-8-27-14-18(23-20(27)15-24)21(28)26-11-9-25(10-12-26)19-6-4-3-5-17(19)22/h3-6,14,16H,7-13,15H2,1-2H3. The monoisotopic (exact) mass is 385 g/mol. The Labute approximate surface area is 165 Å². The number of nitrogens with zero attached hydrogens (tertiary/aromatic N) is 5. The van der Waals surface area contributed by atoms with Crippen molar-refractivity contribution in [2.24, 2.45) is 5.92 Å². The van der Waals surface area contributed by atoms with Gasteiger partial charge in [-0.05, 0) is 18.1 Å². The molecule has 1 aromatic heterocycles. The lowest BCUT2D eigenvalue weighted by atomic mass is 10.2. The molecular weight excluding hydrogens is 357 g/mol. The number of amides is 1. The maximum absolute atomic E-state index is 14.0. The Kier molecular flexibility index (Phi) is 5.35. The number of carbonyl (C=O) groups excluding carboxylic acids is 1. The fourth-order valence-corrected chi connectivity index (χ4v) is 4.10. The summed E-state index contributed by atoms with van der Waals surface area (Å²) in [6, 6.07) is 6.81. The van der Waals surface area contributed by atoms with Gasteiger partial charge in [-0.25, -0.2) is 9.37 Å². The molecule has 1 fully saturated rings. The van der Waals surface area contributed by atoms with Gasteiger partial charge in [0.15, 0.2) is 0 Å². The lowest BCUT2D eigenvalue weighted by Gasteiger charge is -2.35. The molecule has 1 aromatic carbocycles. The van der Waals surface area contributed by atoms with E-state index in [-0.39, 0.29) is 11.7 Å². The van der Waals surface area contributed by atoms with E-state index in [4.69, 9.17) is 0 Å². The summed E-state index contributed by atoms with van der Waals surface area (Å²) in [5.74, 6) is 1.36. The van der Waals surface area contributed by atoms with Gasteiger partial charge in [0, 0.05) is 52.0 Å². The Balaban J connectivity index is 1.39. The first-order valence-corrected chi connectivity index (χ1v) is 10.1. The van der Waals surface area contributed by atoms with E-state index in [1.165, 1.54) is 6.07 Å². The number of imidazole rings is 1. The highest BCUT2D eigenvalue weighted by Crippen LogP contribution is 2.21. The zero-order chi connectivity index (χ0) is 19.7. The minimum atomic E-state index is -0.213. The minimum Gasteiger partial charge on any atom is -0.366 e. The Bertz CT molecular complexity index is 841. The minimum absolute atomic E-state index is 0.0227. The van der Waals surface area contributed by atoms with Crippen molar-refractivity contribution in [1.29, 1.82) is 0 Å². The summed E-state index contributed by atoms with van der Waals surface area (Å²) in [6.07, 6.45) is 1.90. The number of hydrogen-bond donors (Lipinski definition) is 0. The van der Waals surface area contributed by atoms with Crippen molar-refractivity contribution < 1.29 is 9.18 Å². The second-order valence-corrected chi connectivity index (χ2v) is 8.10. The van der Waals surface area contributed by atoms with Crippen LogP contribution in [-0.2, 0) is 13.1 Å². The summed E-state index contributed by atoms with van der Waals surface area (Å²) in [5.41, 5.74) is 1.14. The van der Waals surface area contributed by atoms with Gasteiger partial charge >= 0.3 is 0 Å². The van der Waals surface area contributed by atoms with Crippen LogP contribution in [0.4, 0.5) is 10.1 Å². The average Bonchev–Trinajstić information content (AvgIpc) is 3.11. The first-order chi connectivity index (χ1) is 13.5. The SMILES string of the molecule is CC(C)CN1CCn2cc(C(=O)N3CCN(c4ccccc4F)CC3)nc2C1. The number of anilines is 1. The van der Waals surface area contributed by atoms with Crippen LogP contribution in [0.15, 0.2) is 30.5 Å². The van der Waals surface area contributed by atoms with Crippen molar-refractivity contribution in [2.45, 2.75) is 26.9 Å². The van der Waals surface area contributed by atoms with Crippen LogP contribution in [0.5, 0.6) is 0 Å². The first-order valence-electron chi connectivity index (χ1n) is 10.1. The number of aromatic nitrogens is 2. The zero-order valence-electron chi connectivity index (χ0n) is 16.6. The van der Waals surface area contributed by atoms with Crippen molar-refractivity contribution >= 4 is 11.6 Å². The van der Waals surface area contributed by atoms with Crippen LogP contribution in [0.3, 0.4) is 0 Å². The van der Waals surface area contributed by atoms with E-state index in [0.29, 0.717) is 43.5 Å². The van der Waals surface area contributed by atoms with Gasteiger partial charge in [-0.1, -0.05) is 26.0 Å². The predicted molar refractivity (Wildman–Crippen MR) is 107 cm³/mol. The Morgan fingerprint density at radius 3 is 2.57 bits per heavy atom. The summed E-state index contributed by atoms with van der Waals surface area (Å²) in [7, 11) is 0. The molecule has 3 heterocycles. The van der Waals surface area contributed by atoms with Gasteiger partial charge in [-0.3, -0.25) is 9.69 Å². The van der Waals surface area contributed by atoms with E-state index < -0.39 is 0 Å². The number of fused-ring (bicyclic) bond motifs is 1. The van der Waals surface area contributed by atoms with Crippen molar-refractivity contribution in [3.8, 4) is 0 Å². The number of benzene rings is 1. The molecule has 0 saturated carbocycles. The summed E-state index contributed by atoms with van der Waals surface area (Å²) >= 11 is 0. The normalized spacial score (nSPS) is 17.9. The molecule has 0 aliphatic carbocycles. The second kappa shape index (κ2) is 7.91. The molecule has 28 heavy (non-hydrogen) atoms. The molecule has 2 aliphatic rings. The molecule has 2 aliphatic heterocycles. The van der Waals surface area contributed by atoms with E-state index in [0.717, 1.165) is 32.0 Å². The third-order valence-electron chi connectivity index (χ3n) is 5.48. The number of piperazine rings is 1. The van der Waals surface area contributed by atoms with E-state index in [1.54, 1.807) is 12.1 Å². The fourth-order valence-electron chi connectivity index (χ4n) is 4.10. The van der Waals surface area contributed by atoms with Gasteiger partial charge in [-0.2, -0.15) is 0 Å². The molecule has 0 atom stereocenters. The molecule has 150 valence electrons. The second-order valence-electron chi connectivity index (χ2n) is 8.10. The van der Waals surface area contributed by atoms with Gasteiger partial charge in [0.25, 0.3) is 5.91 Å². The number of halogens is 1. The van der Waals surface area contributed by atoms with E-state index >= 15 is 0 Å². The van der Waals surface area contributed by atoms with Crippen LogP contribution in [0, 0.1) is 11.7 Å². The maximum atomic E-state index is 14.0. The smallest absolute Gasteiger partial charge is 0.274 e. The summed E-state index contributed by atoms with van der Waals surface area (Å²) in [5, 5.41) is 0. The van der Waals surface area contributed by atoms with Crippen LogP contribution < -0.4 is 4.90 Å². The van der Waals surface area contributed by atoms with Gasteiger partial charge < -0.3 is 14.4 Å². The quantitative estimate of drug-likeness (QED) is 0.811. The highest BCUT2D eigenvalue weighted by atomic mass is 19.1. The molecule has 2 aromatic rings. The van der Waals surface area contributed by atoms with Crippen LogP contribution in [0.25, 0.3) is 0 Å². The van der Waals surface area contributed by atoms with Crippen molar-refractivity contribution in [2.75, 3.05) is 44.2 Å². The molecule has 7 heteroatoms. The summed E-state index contributed by atoms with van der Waals surface area (Å²) in [4.78, 5) is 23.8. The molecule has 1 saturated heterocycles. The van der Waals surface area contributed by atoms with E-state index in [2.05, 4.69) is 28.3 Å². The zero-order valence-corrected chi connectivity index (χ0v) is 16.6. The number of hydrogen-bond acceptors (Lipinski definition) is 4. The van der Waals surface area contributed by atoms with Gasteiger partial charge in [0.2, 0.25) is 0 Å². The fraction of sp³-hybridized carbons (Fsp3) is 0.524. The third-order valence-corrected chi connectivity index (χ3v) is 5.48. The summed E-state index contributed by atoms with van der Waals surface area (Å²) < 4.78 is 16.1. The molecule has 4 rings (SSSR count). The van der Waals surface area contributed by atoms with Crippen LogP contribution in [0.2, 0.25) is 0 Å². The lowest BCUT2D eigenvalue weighted by molar-refractivity contribution is 0.0741. The average molecular weight is 385 g/mol. The van der Waals surface area contributed by atoms with Crippen molar-refractivity contribution in [3.05, 3.63) is 47.8 Å². The molecule has 0 radical (unpaired) electrons. The summed E-state index contributed by atoms with van der Waals surface area (Å²) in [6.45, 7) is 10.6. The molecule has 0 bridgehead atoms. The van der Waals surface area contributed by atoms with E-state index in [1.807, 2.05) is 22.1 Å². The van der Waals surface area contributed by atoms with Crippen LogP contribution in [-0.4, -0.2) is 64.5 Å². The molecule has 0 N–H and O–H groups in total. The maximum Gasteiger partial charge on any atom is 0.274 e. The largest absolute Gasteiger partial charge is 0.366 e. The topological polar surface area (TPSA) is 44.6 Å².